The summed E-state index contributed by atoms with van der Waals surface area (Å²) in [5, 5.41) is 9.46. The first-order valence-electron chi connectivity index (χ1n) is 5.71. The molecule has 0 unspecified atom stereocenters. The number of hydrazine groups is 1. The van der Waals surface area contributed by atoms with Gasteiger partial charge in [-0.1, -0.05) is 18.2 Å². The Kier molecular flexibility index (Phi) is 4.03. The van der Waals surface area contributed by atoms with Crippen molar-refractivity contribution in [2.75, 3.05) is 11.5 Å². The number of sulfone groups is 1. The quantitative estimate of drug-likeness (QED) is 0.623. The molecule has 3 N–H and O–H groups in total. The van der Waals surface area contributed by atoms with Crippen LogP contribution in [0.5, 0.6) is 5.75 Å². The first-order valence-corrected chi connectivity index (χ1v) is 9.01. The molecule has 0 fully saturated rings. The molecule has 8 nitrogen and oxygen atoms in total. The molecule has 21 heavy (non-hydrogen) atoms. The van der Waals surface area contributed by atoms with Crippen molar-refractivity contribution in [2.45, 2.75) is 0 Å². The molecule has 114 valence electrons. The van der Waals surface area contributed by atoms with Gasteiger partial charge in [0.25, 0.3) is 15.9 Å². The molecular formula is C11H12N2O6S2. The van der Waals surface area contributed by atoms with Crippen LogP contribution in [0, 0.1) is 0 Å². The lowest BCUT2D eigenvalue weighted by molar-refractivity contribution is 0.0942. The number of benzene rings is 1. The van der Waals surface area contributed by atoms with Crippen molar-refractivity contribution in [3.8, 4) is 5.75 Å². The highest BCUT2D eigenvalue weighted by Gasteiger charge is 2.29. The molecule has 0 radical (unpaired) electrons. The average molecular weight is 332 g/mol. The van der Waals surface area contributed by atoms with E-state index >= 15 is 0 Å². The number of carbonyl (C=O) groups is 1. The summed E-state index contributed by atoms with van der Waals surface area (Å²) in [6, 6.07) is 5.58. The Morgan fingerprint density at radius 2 is 1.90 bits per heavy atom. The van der Waals surface area contributed by atoms with Crippen LogP contribution in [0.4, 0.5) is 0 Å². The average Bonchev–Trinajstić information content (AvgIpc) is 2.78. The largest absolute Gasteiger partial charge is 0.507 e. The first kappa shape index (κ1) is 15.5. The number of para-hydroxylation sites is 1. The van der Waals surface area contributed by atoms with Gasteiger partial charge in [0.2, 0.25) is 0 Å². The maximum absolute atomic E-state index is 11.8. The van der Waals surface area contributed by atoms with Crippen molar-refractivity contribution in [3.63, 3.8) is 0 Å². The zero-order chi connectivity index (χ0) is 15.7. The van der Waals surface area contributed by atoms with Gasteiger partial charge >= 0.3 is 0 Å². The lowest BCUT2D eigenvalue weighted by Crippen LogP contribution is -2.42. The highest BCUT2D eigenvalue weighted by Crippen LogP contribution is 2.17. The Morgan fingerprint density at radius 3 is 2.48 bits per heavy atom. The third kappa shape index (κ3) is 3.60. The molecule has 1 aromatic carbocycles. The van der Waals surface area contributed by atoms with E-state index in [-0.39, 0.29) is 22.0 Å². The van der Waals surface area contributed by atoms with Gasteiger partial charge in [0.05, 0.1) is 22.0 Å². The minimum atomic E-state index is -4.13. The van der Waals surface area contributed by atoms with Crippen LogP contribution in [0.15, 0.2) is 35.2 Å². The highest BCUT2D eigenvalue weighted by atomic mass is 32.2. The van der Waals surface area contributed by atoms with E-state index in [0.717, 1.165) is 6.08 Å². The molecule has 0 spiro atoms. The third-order valence-electron chi connectivity index (χ3n) is 2.72. The van der Waals surface area contributed by atoms with Gasteiger partial charge in [-0.3, -0.25) is 10.2 Å². The summed E-state index contributed by atoms with van der Waals surface area (Å²) >= 11 is 0. The van der Waals surface area contributed by atoms with Crippen LogP contribution in [0.3, 0.4) is 0 Å². The van der Waals surface area contributed by atoms with Crippen LogP contribution in [0.1, 0.15) is 10.4 Å². The molecule has 0 saturated heterocycles. The lowest BCUT2D eigenvalue weighted by atomic mass is 10.2. The maximum Gasteiger partial charge on any atom is 0.269 e. The number of phenols is 1. The summed E-state index contributed by atoms with van der Waals surface area (Å²) in [4.78, 5) is 13.2. The van der Waals surface area contributed by atoms with Crippen molar-refractivity contribution >= 4 is 25.8 Å². The normalized spacial score (nSPS) is 17.2. The van der Waals surface area contributed by atoms with E-state index in [2.05, 4.69) is 0 Å². The minimum absolute atomic E-state index is 0.117. The number of rotatable bonds is 4. The molecular weight excluding hydrogens is 320 g/mol. The molecule has 1 aromatic rings. The van der Waals surface area contributed by atoms with E-state index in [1.807, 2.05) is 5.43 Å². The van der Waals surface area contributed by atoms with Crippen LogP contribution >= 0.6 is 0 Å². The predicted octanol–water partition coefficient (Wildman–Crippen LogP) is -0.731. The highest BCUT2D eigenvalue weighted by molar-refractivity contribution is 7.97. The van der Waals surface area contributed by atoms with E-state index in [9.17, 15) is 26.7 Å². The number of carbonyl (C=O) groups excluding carboxylic acids is 1. The number of hydrogen-bond donors (Lipinski definition) is 3. The minimum Gasteiger partial charge on any atom is -0.507 e. The van der Waals surface area contributed by atoms with Crippen LogP contribution in [0.2, 0.25) is 0 Å². The molecule has 1 aliphatic rings. The SMILES string of the molecule is O=C(NNS(=O)(=O)C1=CCS(=O)(=O)C1)c1ccccc1O. The summed E-state index contributed by atoms with van der Waals surface area (Å²) in [6.07, 6.45) is 1.07. The monoisotopic (exact) mass is 332 g/mol. The van der Waals surface area contributed by atoms with Crippen molar-refractivity contribution in [3.05, 3.63) is 40.8 Å². The van der Waals surface area contributed by atoms with E-state index in [1.54, 1.807) is 4.83 Å². The number of nitrogens with one attached hydrogen (secondary N) is 2. The second kappa shape index (κ2) is 5.47. The smallest absolute Gasteiger partial charge is 0.269 e. The van der Waals surface area contributed by atoms with Crippen molar-refractivity contribution < 1.29 is 26.7 Å². The van der Waals surface area contributed by atoms with E-state index in [4.69, 9.17) is 0 Å². The topological polar surface area (TPSA) is 130 Å². The Balaban J connectivity index is 2.06. The van der Waals surface area contributed by atoms with E-state index in [1.165, 1.54) is 24.3 Å². The second-order valence-corrected chi connectivity index (χ2v) is 8.15. The number of sulfonamides is 1. The van der Waals surface area contributed by atoms with Crippen molar-refractivity contribution in [1.82, 2.24) is 10.3 Å². The maximum atomic E-state index is 11.8. The fourth-order valence-electron chi connectivity index (χ4n) is 1.65. The fourth-order valence-corrected chi connectivity index (χ4v) is 4.70. The van der Waals surface area contributed by atoms with Gasteiger partial charge in [0, 0.05) is 0 Å². The van der Waals surface area contributed by atoms with Crippen molar-refractivity contribution in [1.29, 1.82) is 0 Å². The van der Waals surface area contributed by atoms with Crippen LogP contribution in [-0.2, 0) is 19.9 Å². The Morgan fingerprint density at radius 1 is 1.24 bits per heavy atom. The molecule has 0 aromatic heterocycles. The lowest BCUT2D eigenvalue weighted by Gasteiger charge is -2.09. The van der Waals surface area contributed by atoms with Gasteiger partial charge in [0.15, 0.2) is 9.84 Å². The van der Waals surface area contributed by atoms with Gasteiger partial charge in [-0.2, -0.15) is 0 Å². The predicted molar refractivity (Wildman–Crippen MR) is 74.4 cm³/mol. The molecule has 1 aliphatic heterocycles. The van der Waals surface area contributed by atoms with Gasteiger partial charge in [-0.05, 0) is 12.1 Å². The standard InChI is InChI=1S/C11H12N2O6S2/c14-10-4-2-1-3-9(10)11(15)12-13-21(18,19)8-5-6-20(16,17)7-8/h1-5,13-14H,6-7H2,(H,12,15). The first-order chi connectivity index (χ1) is 9.71. The van der Waals surface area contributed by atoms with E-state index in [0.29, 0.717) is 0 Å². The molecule has 0 aliphatic carbocycles. The molecule has 1 heterocycles. The fraction of sp³-hybridized carbons (Fsp3) is 0.182. The molecule has 0 saturated carbocycles. The van der Waals surface area contributed by atoms with Gasteiger partial charge in [-0.25, -0.2) is 16.8 Å². The Bertz CT molecular complexity index is 811. The van der Waals surface area contributed by atoms with Crippen LogP contribution < -0.4 is 10.3 Å². The summed E-state index contributed by atoms with van der Waals surface area (Å²) in [7, 11) is -7.57. The number of amides is 1. The number of aromatic hydroxyl groups is 1. The van der Waals surface area contributed by atoms with E-state index < -0.39 is 31.5 Å². The third-order valence-corrected chi connectivity index (χ3v) is 5.70. The zero-order valence-electron chi connectivity index (χ0n) is 10.6. The Labute approximate surface area is 121 Å². The van der Waals surface area contributed by atoms with Crippen LogP contribution in [0.25, 0.3) is 0 Å². The van der Waals surface area contributed by atoms with Gasteiger partial charge < -0.3 is 5.11 Å². The van der Waals surface area contributed by atoms with Gasteiger partial charge in [0.1, 0.15) is 5.75 Å². The summed E-state index contributed by atoms with van der Waals surface area (Å²) in [5.41, 5.74) is 1.79. The zero-order valence-corrected chi connectivity index (χ0v) is 12.2. The van der Waals surface area contributed by atoms with Gasteiger partial charge in [-0.15, -0.1) is 4.83 Å². The molecule has 10 heteroatoms. The van der Waals surface area contributed by atoms with Crippen LogP contribution in [-0.4, -0.2) is 39.4 Å². The summed E-state index contributed by atoms with van der Waals surface area (Å²) in [6.45, 7) is 0. The molecule has 0 bridgehead atoms. The number of hydrogen-bond acceptors (Lipinski definition) is 6. The van der Waals surface area contributed by atoms with Crippen molar-refractivity contribution in [2.24, 2.45) is 0 Å². The summed E-state index contributed by atoms with van der Waals surface area (Å²) < 4.78 is 46.1. The molecule has 2 rings (SSSR count). The summed E-state index contributed by atoms with van der Waals surface area (Å²) in [5.74, 6) is -2.12. The Hall–Kier alpha value is -1.91. The molecule has 0 atom stereocenters. The second-order valence-electron chi connectivity index (χ2n) is 4.30. The molecule has 1 amide bonds. The number of phenolic OH excluding ortho intramolecular Hbond substituents is 1.